The van der Waals surface area contributed by atoms with Crippen molar-refractivity contribution in [1.82, 2.24) is 19.7 Å². The molecule has 1 aromatic carbocycles. The Bertz CT molecular complexity index is 948. The molecule has 1 fully saturated rings. The van der Waals surface area contributed by atoms with Gasteiger partial charge in [0.25, 0.3) is 0 Å². The second kappa shape index (κ2) is 9.33. The lowest BCUT2D eigenvalue weighted by atomic mass is 10.2. The largest absolute Gasteiger partial charge is 0.494 e. The lowest BCUT2D eigenvalue weighted by molar-refractivity contribution is 0.122. The molecular formula is C18H25N5O5S. The summed E-state index contributed by atoms with van der Waals surface area (Å²) in [6, 6.07) is 4.86. The molecule has 0 bridgehead atoms. The summed E-state index contributed by atoms with van der Waals surface area (Å²) >= 11 is 0. The van der Waals surface area contributed by atoms with Gasteiger partial charge < -0.3 is 19.1 Å². The van der Waals surface area contributed by atoms with Crippen LogP contribution in [-0.2, 0) is 21.3 Å². The van der Waals surface area contributed by atoms with Crippen LogP contribution in [0.15, 0.2) is 23.1 Å². The predicted octanol–water partition coefficient (Wildman–Crippen LogP) is 0.902. The maximum absolute atomic E-state index is 12.7. The van der Waals surface area contributed by atoms with Gasteiger partial charge in [0.15, 0.2) is 5.82 Å². The van der Waals surface area contributed by atoms with Crippen LogP contribution in [0.25, 0.3) is 0 Å². The minimum Gasteiger partial charge on any atom is -0.494 e. The molecule has 10 nitrogen and oxygen atoms in total. The van der Waals surface area contributed by atoms with Crippen molar-refractivity contribution in [2.75, 3.05) is 44.9 Å². The van der Waals surface area contributed by atoms with Crippen molar-refractivity contribution in [3.63, 3.8) is 0 Å². The highest BCUT2D eigenvalue weighted by Crippen LogP contribution is 2.22. The molecule has 1 aromatic heterocycles. The summed E-state index contributed by atoms with van der Waals surface area (Å²) in [7, 11) is -2.30. The molecule has 0 amide bonds. The normalized spacial score (nSPS) is 14.7. The van der Waals surface area contributed by atoms with Crippen molar-refractivity contribution < 1.29 is 22.6 Å². The minimum absolute atomic E-state index is 0.0924. The summed E-state index contributed by atoms with van der Waals surface area (Å²) in [5, 5.41) is 0. The fraction of sp³-hybridized carbons (Fsp3) is 0.500. The summed E-state index contributed by atoms with van der Waals surface area (Å²) in [6.45, 7) is 6.53. The molecule has 1 aliphatic rings. The third-order valence-electron chi connectivity index (χ3n) is 4.30. The van der Waals surface area contributed by atoms with E-state index in [9.17, 15) is 8.42 Å². The SMILES string of the molecule is CCOc1ccc(S(=O)(=O)NCc2nc(OC)nc(N3CCOCC3)n2)cc1C. The van der Waals surface area contributed by atoms with Gasteiger partial charge in [-0.2, -0.15) is 15.0 Å². The van der Waals surface area contributed by atoms with Crippen LogP contribution in [0.2, 0.25) is 0 Å². The van der Waals surface area contributed by atoms with Crippen LogP contribution in [0.1, 0.15) is 18.3 Å². The topological polar surface area (TPSA) is 116 Å². The first-order valence-corrected chi connectivity index (χ1v) is 10.8. The third-order valence-corrected chi connectivity index (χ3v) is 5.70. The van der Waals surface area contributed by atoms with Crippen molar-refractivity contribution in [1.29, 1.82) is 0 Å². The number of nitrogens with zero attached hydrogens (tertiary/aromatic N) is 4. The number of ether oxygens (including phenoxy) is 3. The number of rotatable bonds is 8. The highest BCUT2D eigenvalue weighted by molar-refractivity contribution is 7.89. The average molecular weight is 423 g/mol. The number of benzene rings is 1. The Hall–Kier alpha value is -2.50. The minimum atomic E-state index is -3.75. The second-order valence-electron chi connectivity index (χ2n) is 6.32. The van der Waals surface area contributed by atoms with Crippen LogP contribution in [-0.4, -0.2) is 63.4 Å². The first-order valence-electron chi connectivity index (χ1n) is 9.27. The van der Waals surface area contributed by atoms with E-state index in [1.54, 1.807) is 19.1 Å². The molecule has 1 N–H and O–H groups in total. The molecule has 0 atom stereocenters. The number of aryl methyl sites for hydroxylation is 1. The van der Waals surface area contributed by atoms with E-state index in [0.29, 0.717) is 44.6 Å². The van der Waals surface area contributed by atoms with Crippen LogP contribution in [0.4, 0.5) is 5.95 Å². The Kier molecular flexibility index (Phi) is 6.83. The zero-order chi connectivity index (χ0) is 20.9. The van der Waals surface area contributed by atoms with Gasteiger partial charge in [0, 0.05) is 13.1 Å². The third kappa shape index (κ3) is 5.31. The molecule has 0 unspecified atom stereocenters. The first kappa shape index (κ1) is 21.2. The monoisotopic (exact) mass is 423 g/mol. The smallest absolute Gasteiger partial charge is 0.321 e. The van der Waals surface area contributed by atoms with E-state index in [1.807, 2.05) is 11.8 Å². The quantitative estimate of drug-likeness (QED) is 0.661. The molecule has 1 saturated heterocycles. The lowest BCUT2D eigenvalue weighted by Crippen LogP contribution is -2.37. The Morgan fingerprint density at radius 2 is 1.97 bits per heavy atom. The first-order chi connectivity index (χ1) is 13.9. The molecule has 158 valence electrons. The lowest BCUT2D eigenvalue weighted by Gasteiger charge is -2.26. The van der Waals surface area contributed by atoms with Crippen LogP contribution in [0, 0.1) is 6.92 Å². The van der Waals surface area contributed by atoms with Gasteiger partial charge in [-0.3, -0.25) is 0 Å². The van der Waals surface area contributed by atoms with E-state index in [4.69, 9.17) is 14.2 Å². The Morgan fingerprint density at radius 3 is 2.62 bits per heavy atom. The summed E-state index contributed by atoms with van der Waals surface area (Å²) in [6.07, 6.45) is 0. The van der Waals surface area contributed by atoms with Crippen molar-refractivity contribution in [3.05, 3.63) is 29.6 Å². The fourth-order valence-corrected chi connectivity index (χ4v) is 3.88. The number of nitrogens with one attached hydrogen (secondary N) is 1. The molecule has 0 saturated carbocycles. The van der Waals surface area contributed by atoms with E-state index >= 15 is 0 Å². The van der Waals surface area contributed by atoms with Gasteiger partial charge in [0.1, 0.15) is 5.75 Å². The molecule has 11 heteroatoms. The summed E-state index contributed by atoms with van der Waals surface area (Å²) in [5.74, 6) is 1.36. The maximum Gasteiger partial charge on any atom is 0.321 e. The van der Waals surface area contributed by atoms with Gasteiger partial charge >= 0.3 is 6.01 Å². The fourth-order valence-electron chi connectivity index (χ4n) is 2.81. The molecule has 0 aliphatic carbocycles. The van der Waals surface area contributed by atoms with Gasteiger partial charge in [-0.1, -0.05) is 0 Å². The van der Waals surface area contributed by atoms with Gasteiger partial charge in [-0.15, -0.1) is 0 Å². The summed E-state index contributed by atoms with van der Waals surface area (Å²) < 4.78 is 43.8. The number of methoxy groups -OCH3 is 1. The number of anilines is 1. The van der Waals surface area contributed by atoms with E-state index in [1.165, 1.54) is 13.2 Å². The standard InChI is InChI=1S/C18H25N5O5S/c1-4-28-15-6-5-14(11-13(15)2)29(24,25)19-12-16-20-17(22-18(21-16)26-3)23-7-9-27-10-8-23/h5-6,11,19H,4,7-10,12H2,1-3H3. The van der Waals surface area contributed by atoms with E-state index < -0.39 is 10.0 Å². The van der Waals surface area contributed by atoms with Crippen molar-refractivity contribution in [2.45, 2.75) is 25.3 Å². The second-order valence-corrected chi connectivity index (χ2v) is 8.09. The maximum atomic E-state index is 12.7. The highest BCUT2D eigenvalue weighted by atomic mass is 32.2. The van der Waals surface area contributed by atoms with Crippen LogP contribution in [0.5, 0.6) is 11.8 Å². The Labute approximate surface area is 170 Å². The van der Waals surface area contributed by atoms with Gasteiger partial charge in [-0.05, 0) is 37.6 Å². The number of hydrogen-bond acceptors (Lipinski definition) is 9. The zero-order valence-corrected chi connectivity index (χ0v) is 17.5. The number of morpholine rings is 1. The molecule has 2 heterocycles. The molecule has 1 aliphatic heterocycles. The predicted molar refractivity (Wildman–Crippen MR) is 106 cm³/mol. The van der Waals surface area contributed by atoms with E-state index in [0.717, 1.165) is 5.56 Å². The van der Waals surface area contributed by atoms with Crippen LogP contribution in [0.3, 0.4) is 0 Å². The highest BCUT2D eigenvalue weighted by Gasteiger charge is 2.19. The molecule has 0 radical (unpaired) electrons. The van der Waals surface area contributed by atoms with Gasteiger partial charge in [0.05, 0.1) is 38.4 Å². The van der Waals surface area contributed by atoms with Crippen molar-refractivity contribution >= 4 is 16.0 Å². The zero-order valence-electron chi connectivity index (χ0n) is 16.7. The Balaban J connectivity index is 1.76. The van der Waals surface area contributed by atoms with Crippen LogP contribution >= 0.6 is 0 Å². The Morgan fingerprint density at radius 1 is 1.21 bits per heavy atom. The molecule has 3 rings (SSSR count). The van der Waals surface area contributed by atoms with Gasteiger partial charge in [-0.25, -0.2) is 13.1 Å². The van der Waals surface area contributed by atoms with Gasteiger partial charge in [0.2, 0.25) is 16.0 Å². The van der Waals surface area contributed by atoms with Crippen molar-refractivity contribution in [2.24, 2.45) is 0 Å². The summed E-state index contributed by atoms with van der Waals surface area (Å²) in [4.78, 5) is 14.9. The number of sulfonamides is 1. The van der Waals surface area contributed by atoms with Crippen LogP contribution < -0.4 is 19.1 Å². The molecule has 0 spiro atoms. The van der Waals surface area contributed by atoms with E-state index in [-0.39, 0.29) is 23.3 Å². The molecular weight excluding hydrogens is 398 g/mol. The molecule has 29 heavy (non-hydrogen) atoms. The van der Waals surface area contributed by atoms with Crippen molar-refractivity contribution in [3.8, 4) is 11.8 Å². The number of aromatic nitrogens is 3. The van der Waals surface area contributed by atoms with E-state index in [2.05, 4.69) is 19.7 Å². The average Bonchev–Trinajstić information content (AvgIpc) is 2.74. The number of hydrogen-bond donors (Lipinski definition) is 1. The summed E-state index contributed by atoms with van der Waals surface area (Å²) in [5.41, 5.74) is 0.742. The molecule has 2 aromatic rings.